The van der Waals surface area contributed by atoms with Crippen LogP contribution in [0.5, 0.6) is 0 Å². The number of nitrogens with two attached hydrogens (primary N) is 1. The van der Waals surface area contributed by atoms with Crippen LogP contribution in [0.15, 0.2) is 73.2 Å². The number of aromatic nitrogens is 2. The number of rotatable bonds is 15. The van der Waals surface area contributed by atoms with Crippen molar-refractivity contribution in [1.29, 1.82) is 0 Å². The number of nitrogens with one attached hydrogen (secondary N) is 2. The first kappa shape index (κ1) is 30.4. The van der Waals surface area contributed by atoms with Crippen molar-refractivity contribution in [3.05, 3.63) is 90.0 Å². The summed E-state index contributed by atoms with van der Waals surface area (Å²) in [6.45, 7) is 3.92. The molecule has 1 aromatic heterocycles. The third kappa shape index (κ3) is 9.89. The number of carbonyl (C=O) groups is 4. The Kier molecular flexibility index (Phi) is 11.8. The molecule has 2 amide bonds. The molecule has 212 valence electrons. The van der Waals surface area contributed by atoms with Gasteiger partial charge in [0.2, 0.25) is 17.7 Å². The van der Waals surface area contributed by atoms with Gasteiger partial charge in [0.1, 0.15) is 18.7 Å². The largest absolute Gasteiger partial charge is 0.345 e. The standard InChI is InChI=1S/C31H39N5O4/c1-22(2)16-26(20-37)34-30(39)28(35-29(38)15-9-14-23-10-5-3-6-11-23)18-25-19-36(21-33-25)31(40)27(32)17-24-12-7-4-8-13-24/h3-8,10-13,19-22,26-28H,9,14-18,32H2,1-2H3,(H,34,39)(H,35,38)/t26-,27-,28-/m0/s1. The average molecular weight is 546 g/mol. The van der Waals surface area contributed by atoms with Crippen molar-refractivity contribution in [2.24, 2.45) is 11.7 Å². The molecule has 0 saturated heterocycles. The summed E-state index contributed by atoms with van der Waals surface area (Å²) in [5, 5.41) is 5.54. The van der Waals surface area contributed by atoms with Crippen molar-refractivity contribution >= 4 is 24.0 Å². The summed E-state index contributed by atoms with van der Waals surface area (Å²) in [4.78, 5) is 54.7. The van der Waals surface area contributed by atoms with E-state index in [-0.39, 0.29) is 30.6 Å². The second-order valence-electron chi connectivity index (χ2n) is 10.5. The summed E-state index contributed by atoms with van der Waals surface area (Å²) in [5.41, 5.74) is 8.67. The Balaban J connectivity index is 1.65. The van der Waals surface area contributed by atoms with Crippen LogP contribution in [-0.2, 0) is 33.6 Å². The van der Waals surface area contributed by atoms with E-state index in [2.05, 4.69) is 15.6 Å². The third-order valence-electron chi connectivity index (χ3n) is 6.50. The first-order valence-corrected chi connectivity index (χ1v) is 13.7. The fourth-order valence-corrected chi connectivity index (χ4v) is 4.46. The summed E-state index contributed by atoms with van der Waals surface area (Å²) in [6, 6.07) is 17.0. The van der Waals surface area contributed by atoms with E-state index in [1.165, 1.54) is 17.1 Å². The lowest BCUT2D eigenvalue weighted by Gasteiger charge is -2.21. The number of hydrogen-bond donors (Lipinski definition) is 3. The maximum atomic E-state index is 13.2. The van der Waals surface area contributed by atoms with Crippen LogP contribution in [0.25, 0.3) is 0 Å². The van der Waals surface area contributed by atoms with E-state index in [1.54, 1.807) is 0 Å². The van der Waals surface area contributed by atoms with E-state index in [0.717, 1.165) is 17.5 Å². The normalized spacial score (nSPS) is 13.3. The highest BCUT2D eigenvalue weighted by Crippen LogP contribution is 2.09. The predicted octanol–water partition coefficient (Wildman–Crippen LogP) is 2.87. The highest BCUT2D eigenvalue weighted by molar-refractivity contribution is 5.89. The van der Waals surface area contributed by atoms with Crippen molar-refractivity contribution in [3.63, 3.8) is 0 Å². The SMILES string of the molecule is CC(C)C[C@@H](C=O)NC(=O)[C@H](Cc1cn(C(=O)[C@@H](N)Cc2ccccc2)cn1)NC(=O)CCCc1ccccc1. The van der Waals surface area contributed by atoms with Crippen molar-refractivity contribution in [1.82, 2.24) is 20.2 Å². The van der Waals surface area contributed by atoms with Gasteiger partial charge in [-0.15, -0.1) is 0 Å². The molecular weight excluding hydrogens is 506 g/mol. The Hall–Kier alpha value is -4.11. The summed E-state index contributed by atoms with van der Waals surface area (Å²) in [5.74, 6) is -0.881. The van der Waals surface area contributed by atoms with E-state index in [9.17, 15) is 19.2 Å². The number of hydrogen-bond acceptors (Lipinski definition) is 6. The van der Waals surface area contributed by atoms with Gasteiger partial charge in [-0.05, 0) is 42.7 Å². The molecule has 9 heteroatoms. The molecule has 40 heavy (non-hydrogen) atoms. The minimum Gasteiger partial charge on any atom is -0.345 e. The fraction of sp³-hybridized carbons (Fsp3) is 0.387. The maximum Gasteiger partial charge on any atom is 0.249 e. The van der Waals surface area contributed by atoms with Crippen molar-refractivity contribution in [2.45, 2.75) is 70.5 Å². The second-order valence-corrected chi connectivity index (χ2v) is 10.5. The Morgan fingerprint density at radius 2 is 1.60 bits per heavy atom. The highest BCUT2D eigenvalue weighted by atomic mass is 16.2. The van der Waals surface area contributed by atoms with Gasteiger partial charge in [0, 0.05) is 19.0 Å². The molecule has 9 nitrogen and oxygen atoms in total. The zero-order valence-electron chi connectivity index (χ0n) is 23.2. The minimum absolute atomic E-state index is 0.0533. The molecular formula is C31H39N5O4. The molecule has 3 atom stereocenters. The van der Waals surface area contributed by atoms with Crippen LogP contribution in [0.3, 0.4) is 0 Å². The predicted molar refractivity (Wildman–Crippen MR) is 153 cm³/mol. The number of amides is 2. The molecule has 0 aliphatic carbocycles. The van der Waals surface area contributed by atoms with Crippen molar-refractivity contribution in [2.75, 3.05) is 0 Å². The third-order valence-corrected chi connectivity index (χ3v) is 6.50. The molecule has 4 N–H and O–H groups in total. The van der Waals surface area contributed by atoms with Crippen molar-refractivity contribution in [3.8, 4) is 0 Å². The molecule has 0 aliphatic heterocycles. The molecule has 2 aromatic carbocycles. The molecule has 0 fully saturated rings. The Labute approximate surface area is 235 Å². The molecule has 3 rings (SSSR count). The lowest BCUT2D eigenvalue weighted by atomic mass is 10.0. The van der Waals surface area contributed by atoms with Crippen LogP contribution >= 0.6 is 0 Å². The molecule has 0 aliphatic rings. The molecule has 1 heterocycles. The maximum absolute atomic E-state index is 13.2. The summed E-state index contributed by atoms with van der Waals surface area (Å²) in [7, 11) is 0. The van der Waals surface area contributed by atoms with Crippen LogP contribution < -0.4 is 16.4 Å². The van der Waals surface area contributed by atoms with Crippen LogP contribution in [0.1, 0.15) is 54.7 Å². The summed E-state index contributed by atoms with van der Waals surface area (Å²) >= 11 is 0. The lowest BCUT2D eigenvalue weighted by molar-refractivity contribution is -0.130. The van der Waals surface area contributed by atoms with E-state index in [1.807, 2.05) is 74.5 Å². The van der Waals surface area contributed by atoms with Gasteiger partial charge in [-0.1, -0.05) is 74.5 Å². The van der Waals surface area contributed by atoms with Gasteiger partial charge in [0.15, 0.2) is 0 Å². The van der Waals surface area contributed by atoms with Gasteiger partial charge in [-0.2, -0.15) is 0 Å². The van der Waals surface area contributed by atoms with Crippen LogP contribution in [0.4, 0.5) is 0 Å². The first-order valence-electron chi connectivity index (χ1n) is 13.7. The molecule has 0 saturated carbocycles. The van der Waals surface area contributed by atoms with E-state index in [4.69, 9.17) is 5.73 Å². The van der Waals surface area contributed by atoms with Crippen molar-refractivity contribution < 1.29 is 19.2 Å². The fourth-order valence-electron chi connectivity index (χ4n) is 4.46. The smallest absolute Gasteiger partial charge is 0.249 e. The Bertz CT molecular complexity index is 1240. The van der Waals surface area contributed by atoms with Gasteiger partial charge in [-0.3, -0.25) is 19.0 Å². The van der Waals surface area contributed by atoms with Gasteiger partial charge in [-0.25, -0.2) is 4.98 Å². The molecule has 0 radical (unpaired) electrons. The lowest BCUT2D eigenvalue weighted by Crippen LogP contribution is -2.51. The molecule has 3 aromatic rings. The van der Waals surface area contributed by atoms with Gasteiger partial charge in [0.25, 0.3) is 0 Å². The molecule has 0 bridgehead atoms. The van der Waals surface area contributed by atoms with Gasteiger partial charge >= 0.3 is 0 Å². The van der Waals surface area contributed by atoms with Crippen LogP contribution in [-0.4, -0.2) is 51.7 Å². The quantitative estimate of drug-likeness (QED) is 0.251. The second kappa shape index (κ2) is 15.5. The number of benzene rings is 2. The number of aldehydes is 1. The number of nitrogens with zero attached hydrogens (tertiary/aromatic N) is 2. The van der Waals surface area contributed by atoms with Gasteiger partial charge in [0.05, 0.1) is 17.8 Å². The number of aryl methyl sites for hydroxylation is 1. The topological polar surface area (TPSA) is 136 Å². The average Bonchev–Trinajstić information content (AvgIpc) is 3.41. The van der Waals surface area contributed by atoms with Crippen LogP contribution in [0, 0.1) is 5.92 Å². The summed E-state index contributed by atoms with van der Waals surface area (Å²) < 4.78 is 1.31. The molecule has 0 unspecified atom stereocenters. The van der Waals surface area contributed by atoms with Gasteiger partial charge < -0.3 is 21.2 Å². The van der Waals surface area contributed by atoms with E-state index < -0.39 is 24.0 Å². The zero-order valence-corrected chi connectivity index (χ0v) is 23.2. The molecule has 0 spiro atoms. The Morgan fingerprint density at radius 3 is 2.23 bits per heavy atom. The summed E-state index contributed by atoms with van der Waals surface area (Å²) in [6.07, 6.45) is 6.11. The van der Waals surface area contributed by atoms with E-state index in [0.29, 0.717) is 31.2 Å². The Morgan fingerprint density at radius 1 is 0.950 bits per heavy atom. The monoisotopic (exact) mass is 545 g/mol. The minimum atomic E-state index is -0.963. The van der Waals surface area contributed by atoms with E-state index >= 15 is 0 Å². The zero-order chi connectivity index (χ0) is 28.9. The number of carbonyl (C=O) groups excluding carboxylic acids is 4. The van der Waals surface area contributed by atoms with Crippen LogP contribution in [0.2, 0.25) is 0 Å². The highest BCUT2D eigenvalue weighted by Gasteiger charge is 2.26. The first-order chi connectivity index (χ1) is 19.2. The number of imidazole rings is 1.